The second-order valence-corrected chi connectivity index (χ2v) is 8.12. The maximum Gasteiger partial charge on any atom is 0.315 e. The van der Waals surface area contributed by atoms with Crippen LogP contribution in [0.5, 0.6) is 0 Å². The zero-order valence-electron chi connectivity index (χ0n) is 14.5. The van der Waals surface area contributed by atoms with E-state index in [9.17, 15) is 9.59 Å². The number of amides is 2. The lowest BCUT2D eigenvalue weighted by Gasteiger charge is -2.33. The number of aliphatic carboxylic acids is 1. The van der Waals surface area contributed by atoms with Gasteiger partial charge in [-0.05, 0) is 38.0 Å². The van der Waals surface area contributed by atoms with Crippen LogP contribution in [0.3, 0.4) is 0 Å². The number of carboxylic acid groups (broad SMARTS) is 1. The van der Waals surface area contributed by atoms with Crippen molar-refractivity contribution in [3.63, 3.8) is 0 Å². The Morgan fingerprint density at radius 1 is 1.10 bits per heavy atom. The average Bonchev–Trinajstić information content (AvgIpc) is 2.18. The number of rotatable bonds is 7. The Morgan fingerprint density at radius 2 is 1.62 bits per heavy atom. The lowest BCUT2D eigenvalue weighted by Crippen LogP contribution is -2.51. The molecule has 0 radical (unpaired) electrons. The fraction of sp³-hybridized carbons (Fsp3) is 0.875. The number of carbonyl (C=O) groups excluding carboxylic acids is 1. The van der Waals surface area contributed by atoms with E-state index < -0.39 is 11.9 Å². The highest BCUT2D eigenvalue weighted by molar-refractivity contribution is 5.76. The Hall–Kier alpha value is -1.26. The third-order valence-corrected chi connectivity index (χ3v) is 3.04. The van der Waals surface area contributed by atoms with E-state index in [-0.39, 0.29) is 29.4 Å². The molecule has 0 aliphatic carbocycles. The third kappa shape index (κ3) is 10.2. The smallest absolute Gasteiger partial charge is 0.315 e. The van der Waals surface area contributed by atoms with Gasteiger partial charge in [0.15, 0.2) is 0 Å². The van der Waals surface area contributed by atoms with Gasteiger partial charge in [-0.3, -0.25) is 4.79 Å². The first-order valence-electron chi connectivity index (χ1n) is 7.61. The van der Waals surface area contributed by atoms with Gasteiger partial charge >= 0.3 is 12.0 Å². The normalized spacial score (nSPS) is 13.9. The number of urea groups is 1. The van der Waals surface area contributed by atoms with Crippen molar-refractivity contribution in [2.45, 2.75) is 66.8 Å². The van der Waals surface area contributed by atoms with Gasteiger partial charge in [0.05, 0.1) is 5.92 Å². The zero-order valence-corrected chi connectivity index (χ0v) is 14.5. The highest BCUT2D eigenvalue weighted by atomic mass is 16.4. The molecule has 5 heteroatoms. The molecule has 0 fully saturated rings. The van der Waals surface area contributed by atoms with Crippen molar-refractivity contribution in [2.75, 3.05) is 6.54 Å². The number of hydrogen-bond acceptors (Lipinski definition) is 2. The van der Waals surface area contributed by atoms with E-state index in [0.717, 1.165) is 6.42 Å². The van der Waals surface area contributed by atoms with E-state index in [1.165, 1.54) is 0 Å². The van der Waals surface area contributed by atoms with Crippen molar-refractivity contribution in [3.05, 3.63) is 0 Å². The minimum Gasteiger partial charge on any atom is -0.481 e. The van der Waals surface area contributed by atoms with E-state index in [1.807, 2.05) is 27.7 Å². The van der Waals surface area contributed by atoms with Crippen LogP contribution in [0.1, 0.15) is 61.3 Å². The number of carbonyl (C=O) groups is 2. The molecule has 0 aliphatic heterocycles. The minimum absolute atomic E-state index is 0.109. The van der Waals surface area contributed by atoms with Crippen molar-refractivity contribution in [2.24, 2.45) is 17.3 Å². The molecular weight excluding hydrogens is 268 g/mol. The number of hydrogen-bond donors (Lipinski definition) is 3. The number of nitrogens with one attached hydrogen (secondary N) is 2. The molecule has 0 heterocycles. The molecule has 0 rings (SSSR count). The summed E-state index contributed by atoms with van der Waals surface area (Å²) in [4.78, 5) is 23.1. The quantitative estimate of drug-likeness (QED) is 0.675. The molecule has 124 valence electrons. The lowest BCUT2D eigenvalue weighted by molar-refractivity contribution is -0.142. The standard InChI is InChI=1S/C16H32N2O3/c1-11(2)8-12(13(19)20)9-17-14(21)18-16(6,7)10-15(3,4)5/h11-12H,8-10H2,1-7H3,(H,19,20)(H2,17,18,21). The molecule has 3 N–H and O–H groups in total. The summed E-state index contributed by atoms with van der Waals surface area (Å²) < 4.78 is 0. The van der Waals surface area contributed by atoms with Gasteiger partial charge in [0.1, 0.15) is 0 Å². The molecule has 0 aromatic heterocycles. The Bertz CT molecular complexity index is 357. The third-order valence-electron chi connectivity index (χ3n) is 3.04. The first-order valence-corrected chi connectivity index (χ1v) is 7.61. The predicted octanol–water partition coefficient (Wildman–Crippen LogP) is 3.25. The van der Waals surface area contributed by atoms with Crippen molar-refractivity contribution in [1.82, 2.24) is 10.6 Å². The summed E-state index contributed by atoms with van der Waals surface area (Å²) in [6.45, 7) is 14.4. The molecule has 0 bridgehead atoms. The Balaban J connectivity index is 4.39. The summed E-state index contributed by atoms with van der Waals surface area (Å²) in [6.07, 6.45) is 1.39. The van der Waals surface area contributed by atoms with Crippen LogP contribution < -0.4 is 10.6 Å². The van der Waals surface area contributed by atoms with E-state index >= 15 is 0 Å². The zero-order chi connectivity index (χ0) is 16.8. The fourth-order valence-electron chi connectivity index (χ4n) is 2.78. The summed E-state index contributed by atoms with van der Waals surface area (Å²) in [6, 6.07) is -0.306. The maximum absolute atomic E-state index is 11.9. The number of carboxylic acids is 1. The molecule has 1 atom stereocenters. The second-order valence-electron chi connectivity index (χ2n) is 8.12. The molecule has 0 aromatic carbocycles. The largest absolute Gasteiger partial charge is 0.481 e. The monoisotopic (exact) mass is 300 g/mol. The van der Waals surface area contributed by atoms with Crippen LogP contribution in [0.2, 0.25) is 0 Å². The topological polar surface area (TPSA) is 78.4 Å². The molecule has 0 saturated heterocycles. The summed E-state index contributed by atoms with van der Waals surface area (Å²) in [5.41, 5.74) is -0.225. The molecule has 1 unspecified atom stereocenters. The van der Waals surface area contributed by atoms with Crippen LogP contribution in [0.4, 0.5) is 4.79 Å². The summed E-state index contributed by atoms with van der Waals surface area (Å²) in [5.74, 6) is -1.12. The average molecular weight is 300 g/mol. The van der Waals surface area contributed by atoms with E-state index in [1.54, 1.807) is 0 Å². The van der Waals surface area contributed by atoms with Crippen LogP contribution in [-0.2, 0) is 4.79 Å². The van der Waals surface area contributed by atoms with Crippen LogP contribution in [0.25, 0.3) is 0 Å². The molecule has 2 amide bonds. The Kier molecular flexibility index (Phi) is 7.20. The lowest BCUT2D eigenvalue weighted by atomic mass is 9.82. The van der Waals surface area contributed by atoms with Crippen molar-refractivity contribution in [3.8, 4) is 0 Å². The Morgan fingerprint density at radius 3 is 2.00 bits per heavy atom. The second kappa shape index (κ2) is 7.66. The fourth-order valence-corrected chi connectivity index (χ4v) is 2.78. The molecule has 0 aromatic rings. The van der Waals surface area contributed by atoms with Gasteiger partial charge in [0.2, 0.25) is 0 Å². The van der Waals surface area contributed by atoms with Gasteiger partial charge in [-0.15, -0.1) is 0 Å². The molecule has 21 heavy (non-hydrogen) atoms. The molecule has 0 saturated carbocycles. The van der Waals surface area contributed by atoms with Crippen molar-refractivity contribution >= 4 is 12.0 Å². The maximum atomic E-state index is 11.9. The van der Waals surface area contributed by atoms with Gasteiger partial charge < -0.3 is 15.7 Å². The van der Waals surface area contributed by atoms with Crippen LogP contribution >= 0.6 is 0 Å². The van der Waals surface area contributed by atoms with Crippen LogP contribution in [0, 0.1) is 17.3 Å². The minimum atomic E-state index is -0.863. The van der Waals surface area contributed by atoms with Gasteiger partial charge in [0.25, 0.3) is 0 Å². The Labute approximate surface area is 128 Å². The van der Waals surface area contributed by atoms with E-state index in [2.05, 4.69) is 31.4 Å². The first kappa shape index (κ1) is 19.7. The summed E-state index contributed by atoms with van der Waals surface area (Å²) in [5, 5.41) is 14.7. The predicted molar refractivity (Wildman–Crippen MR) is 85.3 cm³/mol. The van der Waals surface area contributed by atoms with Gasteiger partial charge in [-0.25, -0.2) is 4.79 Å². The highest BCUT2D eigenvalue weighted by Gasteiger charge is 2.27. The molecule has 0 aliphatic rings. The molecule has 5 nitrogen and oxygen atoms in total. The van der Waals surface area contributed by atoms with Gasteiger partial charge in [-0.1, -0.05) is 34.6 Å². The van der Waals surface area contributed by atoms with Crippen molar-refractivity contribution < 1.29 is 14.7 Å². The summed E-state index contributed by atoms with van der Waals surface area (Å²) in [7, 11) is 0. The molecular formula is C16H32N2O3. The SMILES string of the molecule is CC(C)CC(CNC(=O)NC(C)(C)CC(C)(C)C)C(=O)O. The van der Waals surface area contributed by atoms with Crippen LogP contribution in [-0.4, -0.2) is 29.2 Å². The highest BCUT2D eigenvalue weighted by Crippen LogP contribution is 2.26. The van der Waals surface area contributed by atoms with Gasteiger partial charge in [-0.2, -0.15) is 0 Å². The summed E-state index contributed by atoms with van der Waals surface area (Å²) >= 11 is 0. The van der Waals surface area contributed by atoms with Crippen molar-refractivity contribution in [1.29, 1.82) is 0 Å². The van der Waals surface area contributed by atoms with Gasteiger partial charge in [0, 0.05) is 12.1 Å². The van der Waals surface area contributed by atoms with E-state index in [0.29, 0.717) is 6.42 Å². The van der Waals surface area contributed by atoms with E-state index in [4.69, 9.17) is 5.11 Å². The molecule has 0 spiro atoms. The first-order chi connectivity index (χ1) is 9.32. The van der Waals surface area contributed by atoms with Crippen LogP contribution in [0.15, 0.2) is 0 Å².